The van der Waals surface area contributed by atoms with Gasteiger partial charge in [0, 0.05) is 31.3 Å². The van der Waals surface area contributed by atoms with Gasteiger partial charge in [-0.25, -0.2) is 0 Å². The van der Waals surface area contributed by atoms with E-state index in [1.54, 1.807) is 12.1 Å². The summed E-state index contributed by atoms with van der Waals surface area (Å²) in [5.41, 5.74) is 4.73. The van der Waals surface area contributed by atoms with Crippen molar-refractivity contribution >= 4 is 17.1 Å². The average molecular weight is 518 g/mol. The minimum atomic E-state index is -0.691. The van der Waals surface area contributed by atoms with Crippen molar-refractivity contribution in [1.29, 1.82) is 0 Å². The number of ketones is 2. The lowest BCUT2D eigenvalue weighted by Crippen LogP contribution is -2.24. The van der Waals surface area contributed by atoms with Crippen molar-refractivity contribution in [2.75, 3.05) is 7.11 Å². The van der Waals surface area contributed by atoms with Gasteiger partial charge < -0.3 is 9.84 Å². The first-order valence-electron chi connectivity index (χ1n) is 12.5. The highest BCUT2D eigenvalue weighted by Crippen LogP contribution is 2.26. The number of ether oxygens (including phenoxy) is 1. The molecule has 194 valence electrons. The van der Waals surface area contributed by atoms with Gasteiger partial charge in [0.2, 0.25) is 11.6 Å². The third kappa shape index (κ3) is 6.00. The molecule has 0 fully saturated rings. The Labute approximate surface area is 226 Å². The van der Waals surface area contributed by atoms with Gasteiger partial charge in [-0.2, -0.15) is 0 Å². The van der Waals surface area contributed by atoms with Gasteiger partial charge in [0.25, 0.3) is 0 Å². The average Bonchev–Trinajstić information content (AvgIpc) is 2.96. The first-order chi connectivity index (χ1) is 19.0. The van der Waals surface area contributed by atoms with Gasteiger partial charge in [0.05, 0.1) is 35.5 Å². The third-order valence-electron chi connectivity index (χ3n) is 6.36. The lowest BCUT2D eigenvalue weighted by Gasteiger charge is -2.23. The smallest absolute Gasteiger partial charge is 0.233 e. The number of hydrogen-bond donors (Lipinski definition) is 1. The molecule has 4 aromatic rings. The number of aliphatic hydroxyl groups excluding tert-OH is 1. The molecule has 5 rings (SSSR count). The summed E-state index contributed by atoms with van der Waals surface area (Å²) >= 11 is 0. The Hall–Kier alpha value is -4.88. The Morgan fingerprint density at radius 2 is 1.31 bits per heavy atom. The Morgan fingerprint density at radius 3 is 1.95 bits per heavy atom. The van der Waals surface area contributed by atoms with E-state index in [2.05, 4.69) is 22.0 Å². The van der Waals surface area contributed by atoms with Crippen molar-refractivity contribution in [1.82, 2.24) is 14.9 Å². The van der Waals surface area contributed by atoms with Crippen LogP contribution in [-0.2, 0) is 34.0 Å². The lowest BCUT2D eigenvalue weighted by molar-refractivity contribution is -0.118. The molecule has 0 unspecified atom stereocenters. The van der Waals surface area contributed by atoms with Crippen molar-refractivity contribution in [2.24, 2.45) is 0 Å². The highest BCUT2D eigenvalue weighted by atomic mass is 16.5. The zero-order chi connectivity index (χ0) is 27.2. The van der Waals surface area contributed by atoms with Crippen molar-refractivity contribution in [3.63, 3.8) is 0 Å². The van der Waals surface area contributed by atoms with E-state index in [1.807, 2.05) is 72.8 Å². The van der Waals surface area contributed by atoms with Crippen LogP contribution < -0.4 is 0 Å². The molecule has 0 amide bonds. The van der Waals surface area contributed by atoms with E-state index in [1.165, 1.54) is 7.11 Å². The number of Topliss-reactive ketones (excluding diaryl/α,β-unsaturated/α-hetero) is 1. The molecular weight excluding hydrogens is 490 g/mol. The van der Waals surface area contributed by atoms with Crippen LogP contribution in [0.2, 0.25) is 0 Å². The second kappa shape index (κ2) is 11.7. The molecule has 0 bridgehead atoms. The second-order valence-corrected chi connectivity index (χ2v) is 9.15. The molecule has 2 heterocycles. The first-order valence-corrected chi connectivity index (χ1v) is 12.5. The molecular formula is C32H27N3O4. The van der Waals surface area contributed by atoms with Crippen molar-refractivity contribution in [2.45, 2.75) is 19.6 Å². The summed E-state index contributed by atoms with van der Waals surface area (Å²) < 4.78 is 5.05. The number of carbonyl (C=O) groups excluding carboxylic acids is 2. The van der Waals surface area contributed by atoms with Crippen LogP contribution in [-0.4, -0.2) is 38.7 Å². The van der Waals surface area contributed by atoms with Crippen molar-refractivity contribution in [3.05, 3.63) is 137 Å². The number of pyridine rings is 2. The predicted molar refractivity (Wildman–Crippen MR) is 148 cm³/mol. The zero-order valence-corrected chi connectivity index (χ0v) is 21.4. The monoisotopic (exact) mass is 517 g/mol. The number of carbonyl (C=O) groups is 2. The van der Waals surface area contributed by atoms with Gasteiger partial charge in [0.15, 0.2) is 11.5 Å². The Morgan fingerprint density at radius 1 is 0.718 bits per heavy atom. The van der Waals surface area contributed by atoms with Crippen molar-refractivity contribution < 1.29 is 19.4 Å². The Bertz CT molecular complexity index is 1560. The van der Waals surface area contributed by atoms with Crippen molar-refractivity contribution in [3.8, 4) is 11.3 Å². The number of methoxy groups -OCH3 is 1. The summed E-state index contributed by atoms with van der Waals surface area (Å²) in [5, 5.41) is 10.4. The zero-order valence-electron chi connectivity index (χ0n) is 21.4. The Kier molecular flexibility index (Phi) is 7.70. The maximum absolute atomic E-state index is 12.9. The second-order valence-electron chi connectivity index (χ2n) is 9.15. The fourth-order valence-corrected chi connectivity index (χ4v) is 4.51. The number of hydrogen-bond acceptors (Lipinski definition) is 7. The van der Waals surface area contributed by atoms with Crippen LogP contribution in [0.4, 0.5) is 0 Å². The molecule has 2 aromatic carbocycles. The number of aliphatic hydroxyl groups is 1. The maximum atomic E-state index is 12.9. The largest absolute Gasteiger partial charge is 0.504 e. The molecule has 39 heavy (non-hydrogen) atoms. The van der Waals surface area contributed by atoms with Crippen LogP contribution in [0.1, 0.15) is 22.6 Å². The number of allylic oxidation sites excluding steroid dienone is 2. The fraction of sp³-hybridized carbons (Fsp3) is 0.125. The number of benzene rings is 2. The van der Waals surface area contributed by atoms with Gasteiger partial charge in [-0.05, 0) is 29.8 Å². The highest BCUT2D eigenvalue weighted by molar-refractivity contribution is 6.36. The van der Waals surface area contributed by atoms with E-state index >= 15 is 0 Å². The molecule has 0 saturated heterocycles. The van der Waals surface area contributed by atoms with E-state index < -0.39 is 17.3 Å². The quantitative estimate of drug-likeness (QED) is 0.301. The SMILES string of the molecule is COC1=CC(=O)C(O)=C(c2cccc(CN(Cc3ccccc3)Cc3cccc(-c4ccccc4)n3)n2)C1=O. The third-order valence-corrected chi connectivity index (χ3v) is 6.36. The van der Waals surface area contributed by atoms with Crippen LogP contribution in [0, 0.1) is 0 Å². The van der Waals surface area contributed by atoms with E-state index in [4.69, 9.17) is 9.72 Å². The molecule has 0 atom stereocenters. The van der Waals surface area contributed by atoms with E-state index in [0.29, 0.717) is 25.3 Å². The van der Waals surface area contributed by atoms with E-state index in [9.17, 15) is 14.7 Å². The summed E-state index contributed by atoms with van der Waals surface area (Å²) in [4.78, 5) is 36.8. The normalized spacial score (nSPS) is 13.5. The number of rotatable bonds is 9. The van der Waals surface area contributed by atoms with Crippen LogP contribution in [0.3, 0.4) is 0 Å². The van der Waals surface area contributed by atoms with Crippen LogP contribution >= 0.6 is 0 Å². The standard InChI is InChI=1S/C32H27N3O4/c1-39-29-18-28(36)31(37)30(32(29)38)27-17-9-15-25(34-27)21-35(19-22-10-4-2-5-11-22)20-24-14-8-16-26(33-24)23-12-6-3-7-13-23/h2-18,37H,19-21H2,1H3. The van der Waals surface area contributed by atoms with Gasteiger partial charge >= 0.3 is 0 Å². The van der Waals surface area contributed by atoms with Crippen LogP contribution in [0.5, 0.6) is 0 Å². The molecule has 0 saturated carbocycles. The summed E-state index contributed by atoms with van der Waals surface area (Å²) in [6.45, 7) is 1.65. The topological polar surface area (TPSA) is 92.6 Å². The summed E-state index contributed by atoms with van der Waals surface area (Å²) in [6.07, 6.45) is 0.989. The molecule has 1 aliphatic carbocycles. The summed E-state index contributed by atoms with van der Waals surface area (Å²) in [7, 11) is 1.31. The molecule has 7 heteroatoms. The molecule has 1 aliphatic rings. The highest BCUT2D eigenvalue weighted by Gasteiger charge is 2.31. The molecule has 2 aromatic heterocycles. The van der Waals surface area contributed by atoms with E-state index in [0.717, 1.165) is 28.6 Å². The molecule has 0 aliphatic heterocycles. The number of aromatic nitrogens is 2. The predicted octanol–water partition coefficient (Wildman–Crippen LogP) is 5.30. The molecule has 1 N–H and O–H groups in total. The van der Waals surface area contributed by atoms with E-state index in [-0.39, 0.29) is 17.0 Å². The van der Waals surface area contributed by atoms with Gasteiger partial charge in [-0.1, -0.05) is 72.8 Å². The summed E-state index contributed by atoms with van der Waals surface area (Å²) in [5.74, 6) is -2.03. The fourth-order valence-electron chi connectivity index (χ4n) is 4.51. The van der Waals surface area contributed by atoms with Gasteiger partial charge in [-0.15, -0.1) is 0 Å². The lowest BCUT2D eigenvalue weighted by atomic mass is 9.96. The molecule has 0 radical (unpaired) electrons. The summed E-state index contributed by atoms with van der Waals surface area (Å²) in [6, 6.07) is 31.4. The first kappa shape index (κ1) is 25.8. The van der Waals surface area contributed by atoms with Gasteiger partial charge in [0.1, 0.15) is 0 Å². The Balaban J connectivity index is 1.44. The van der Waals surface area contributed by atoms with Crippen LogP contribution in [0.15, 0.2) is 115 Å². The minimum absolute atomic E-state index is 0.130. The number of nitrogens with zero attached hydrogens (tertiary/aromatic N) is 3. The van der Waals surface area contributed by atoms with Gasteiger partial charge in [-0.3, -0.25) is 24.5 Å². The molecule has 0 spiro atoms. The minimum Gasteiger partial charge on any atom is -0.504 e. The maximum Gasteiger partial charge on any atom is 0.233 e. The van der Waals surface area contributed by atoms with Crippen LogP contribution in [0.25, 0.3) is 16.8 Å². The molecule has 7 nitrogen and oxygen atoms in total.